The molecule has 7 rings (SSSR count). The van der Waals surface area contributed by atoms with Crippen LogP contribution in [0.15, 0.2) is 131 Å². The summed E-state index contributed by atoms with van der Waals surface area (Å²) in [7, 11) is -8.16. The third-order valence-electron chi connectivity index (χ3n) is 11.7. The molecule has 2 aliphatic heterocycles. The van der Waals surface area contributed by atoms with Gasteiger partial charge in [0.2, 0.25) is 15.9 Å². The summed E-state index contributed by atoms with van der Waals surface area (Å²) in [5.74, 6) is -1.26. The summed E-state index contributed by atoms with van der Waals surface area (Å²) in [6.07, 6.45) is 2.49. The first-order valence-electron chi connectivity index (χ1n) is 21.6. The number of nitro benzene ring substituents is 1. The number of piperazine rings is 1. The Labute approximate surface area is 395 Å². The number of carbonyl (C=O) groups is 2. The number of piperidine rings is 1. The molecule has 3 N–H and O–H groups in total. The summed E-state index contributed by atoms with van der Waals surface area (Å²) >= 11 is 7.69. The number of hydrogen-bond donors (Lipinski definition) is 3. The van der Waals surface area contributed by atoms with E-state index in [0.29, 0.717) is 49.7 Å². The quantitative estimate of drug-likeness (QED) is 0.0458. The molecule has 348 valence electrons. The Balaban J connectivity index is 0.950. The summed E-state index contributed by atoms with van der Waals surface area (Å²) in [5.41, 5.74) is 4.18. The van der Waals surface area contributed by atoms with Crippen LogP contribution < -0.4 is 19.7 Å². The van der Waals surface area contributed by atoms with Gasteiger partial charge in [0.25, 0.3) is 21.6 Å². The average molecular weight is 975 g/mol. The van der Waals surface area contributed by atoms with Crippen LogP contribution in [0.3, 0.4) is 0 Å². The van der Waals surface area contributed by atoms with Crippen molar-refractivity contribution in [3.8, 4) is 11.1 Å². The number of nitrogens with zero attached hydrogens (tertiary/aromatic N) is 4. The van der Waals surface area contributed by atoms with Crippen molar-refractivity contribution in [2.24, 2.45) is 5.92 Å². The van der Waals surface area contributed by atoms with Gasteiger partial charge in [0.15, 0.2) is 0 Å². The highest BCUT2D eigenvalue weighted by atomic mass is 35.5. The highest BCUT2D eigenvalue weighted by Gasteiger charge is 2.29. The SMILES string of the molecule is CS(=O)(=O)NC(=O)C1CCN(CC[C@H](CSc2ccccc2)Nc2ccc(S(=O)(=O)NC(=O)c3ccc(N4CCN(Cc5ccccc5-c5ccc(Cl)cc5)CC4)cc3)cc2[N+](=O)[O-])CC1. The molecule has 0 aliphatic carbocycles. The van der Waals surface area contributed by atoms with Gasteiger partial charge in [0, 0.05) is 84.2 Å². The Bertz CT molecular complexity index is 2720. The van der Waals surface area contributed by atoms with Gasteiger partial charge in [0.05, 0.1) is 16.1 Å². The molecule has 66 heavy (non-hydrogen) atoms. The number of nitro groups is 1. The van der Waals surface area contributed by atoms with Gasteiger partial charge in [-0.2, -0.15) is 0 Å². The highest BCUT2D eigenvalue weighted by molar-refractivity contribution is 7.99. The van der Waals surface area contributed by atoms with E-state index >= 15 is 0 Å². The largest absolute Gasteiger partial charge is 0.376 e. The molecule has 0 spiro atoms. The molecule has 0 bridgehead atoms. The summed E-state index contributed by atoms with van der Waals surface area (Å²) in [5, 5.41) is 16.4. The minimum absolute atomic E-state index is 0.118. The third-order valence-corrected chi connectivity index (χ3v) is 15.1. The van der Waals surface area contributed by atoms with Crippen LogP contribution in [0.4, 0.5) is 17.1 Å². The van der Waals surface area contributed by atoms with Crippen molar-refractivity contribution in [3.63, 3.8) is 0 Å². The van der Waals surface area contributed by atoms with Crippen LogP contribution in [0.5, 0.6) is 0 Å². The molecule has 5 aromatic rings. The van der Waals surface area contributed by atoms with Gasteiger partial charge in [-0.3, -0.25) is 29.3 Å². The summed E-state index contributed by atoms with van der Waals surface area (Å²) < 4.78 is 54.3. The molecule has 19 heteroatoms. The second-order valence-corrected chi connectivity index (χ2v) is 21.4. The van der Waals surface area contributed by atoms with Crippen LogP contribution in [-0.4, -0.2) is 107 Å². The third kappa shape index (κ3) is 13.3. The van der Waals surface area contributed by atoms with Crippen molar-refractivity contribution >= 4 is 72.3 Å². The number of hydrogen-bond acceptors (Lipinski definition) is 13. The number of carbonyl (C=O) groups excluding carboxylic acids is 2. The first-order valence-corrected chi connectivity index (χ1v) is 26.3. The lowest BCUT2D eigenvalue weighted by molar-refractivity contribution is -0.384. The van der Waals surface area contributed by atoms with Crippen LogP contribution in [0.2, 0.25) is 5.02 Å². The molecule has 0 radical (unpaired) electrons. The zero-order valence-electron chi connectivity index (χ0n) is 36.3. The van der Waals surface area contributed by atoms with Crippen LogP contribution >= 0.6 is 23.4 Å². The number of anilines is 2. The first-order chi connectivity index (χ1) is 31.6. The molecule has 2 aliphatic rings. The van der Waals surface area contributed by atoms with Crippen molar-refractivity contribution in [2.75, 3.05) is 68.0 Å². The number of rotatable bonds is 18. The van der Waals surface area contributed by atoms with E-state index in [1.165, 1.54) is 23.3 Å². The topological polar surface area (TPSA) is 191 Å². The molecule has 15 nitrogen and oxygen atoms in total. The van der Waals surface area contributed by atoms with E-state index < -0.39 is 53.3 Å². The van der Waals surface area contributed by atoms with Crippen molar-refractivity contribution in [1.82, 2.24) is 19.2 Å². The van der Waals surface area contributed by atoms with Crippen molar-refractivity contribution in [3.05, 3.63) is 148 Å². The van der Waals surface area contributed by atoms with Gasteiger partial charge in [-0.05, 0) is 110 Å². The van der Waals surface area contributed by atoms with Crippen LogP contribution in [0.25, 0.3) is 11.1 Å². The number of nitrogens with one attached hydrogen (secondary N) is 3. The highest BCUT2D eigenvalue weighted by Crippen LogP contribution is 2.31. The molecule has 2 amide bonds. The Morgan fingerprint density at radius 1 is 0.803 bits per heavy atom. The van der Waals surface area contributed by atoms with Crippen molar-refractivity contribution < 1.29 is 31.3 Å². The molecule has 0 saturated carbocycles. The number of thioether (sulfide) groups is 1. The maximum Gasteiger partial charge on any atom is 0.293 e. The molecule has 2 fully saturated rings. The lowest BCUT2D eigenvalue weighted by atomic mass is 9.96. The molecule has 0 unspecified atom stereocenters. The standard InChI is InChI=1S/C47H52ClN7O8S3/c1-65(60,61)50-46(56)36-21-24-52(25-22-36)26-23-39(33-64-41-8-3-2-4-9-41)49-44-20-19-42(31-45(44)55(58)59)66(62,63)51-47(57)35-13-17-40(18-14-35)54-29-27-53(28-30-54)32-37-7-5-6-10-43(37)34-11-15-38(48)16-12-34/h2-20,31,36,39,49H,21-30,32-33H2,1H3,(H,50,56)(H,51,57)/t39-/m1/s1. The molecule has 1 atom stereocenters. The molecular weight excluding hydrogens is 922 g/mol. The molecule has 0 aromatic heterocycles. The lowest BCUT2D eigenvalue weighted by Crippen LogP contribution is -2.46. The Kier molecular flexibility index (Phi) is 16.0. The maximum absolute atomic E-state index is 13.5. The van der Waals surface area contributed by atoms with Gasteiger partial charge >= 0.3 is 0 Å². The van der Waals surface area contributed by atoms with E-state index in [-0.39, 0.29) is 17.3 Å². The van der Waals surface area contributed by atoms with E-state index in [9.17, 15) is 36.5 Å². The fraction of sp³-hybridized carbons (Fsp3) is 0.319. The normalized spacial score (nSPS) is 15.8. The predicted octanol–water partition coefficient (Wildman–Crippen LogP) is 7.11. The second kappa shape index (κ2) is 21.9. The van der Waals surface area contributed by atoms with E-state index in [2.05, 4.69) is 41.6 Å². The maximum atomic E-state index is 13.5. The van der Waals surface area contributed by atoms with E-state index in [1.807, 2.05) is 66.7 Å². The van der Waals surface area contributed by atoms with Gasteiger partial charge in [-0.15, -0.1) is 11.8 Å². The van der Waals surface area contributed by atoms with Crippen molar-refractivity contribution in [1.29, 1.82) is 0 Å². The fourth-order valence-corrected chi connectivity index (χ4v) is 10.8. The first kappa shape index (κ1) is 48.4. The second-order valence-electron chi connectivity index (χ2n) is 16.5. The van der Waals surface area contributed by atoms with Crippen LogP contribution in [0, 0.1) is 16.0 Å². The van der Waals surface area contributed by atoms with Crippen LogP contribution in [0.1, 0.15) is 35.2 Å². The van der Waals surface area contributed by atoms with Crippen LogP contribution in [-0.2, 0) is 31.4 Å². The predicted molar refractivity (Wildman–Crippen MR) is 260 cm³/mol. The fourth-order valence-electron chi connectivity index (χ4n) is 8.14. The lowest BCUT2D eigenvalue weighted by Gasteiger charge is -2.36. The minimum atomic E-state index is -4.51. The number of sulfonamides is 2. The van der Waals surface area contributed by atoms with Crippen molar-refractivity contribution in [2.45, 2.75) is 41.6 Å². The number of halogens is 1. The molecule has 5 aromatic carbocycles. The Morgan fingerprint density at radius 2 is 1.47 bits per heavy atom. The average Bonchev–Trinajstić information content (AvgIpc) is 3.30. The Morgan fingerprint density at radius 3 is 2.14 bits per heavy atom. The zero-order valence-corrected chi connectivity index (χ0v) is 39.5. The van der Waals surface area contributed by atoms with Gasteiger partial charge in [0.1, 0.15) is 5.69 Å². The van der Waals surface area contributed by atoms with Gasteiger partial charge in [-0.25, -0.2) is 21.6 Å². The summed E-state index contributed by atoms with van der Waals surface area (Å²) in [6.45, 7) is 5.70. The number of benzene rings is 5. The molecule has 2 heterocycles. The number of likely N-dealkylation sites (tertiary alicyclic amines) is 1. The van der Waals surface area contributed by atoms with Gasteiger partial charge < -0.3 is 15.1 Å². The monoisotopic (exact) mass is 973 g/mol. The number of amides is 2. The summed E-state index contributed by atoms with van der Waals surface area (Å²) in [4.78, 5) is 44.8. The molecule has 2 saturated heterocycles. The smallest absolute Gasteiger partial charge is 0.293 e. The minimum Gasteiger partial charge on any atom is -0.376 e. The van der Waals surface area contributed by atoms with E-state index in [4.69, 9.17) is 11.6 Å². The Hall–Kier alpha value is -5.50. The zero-order chi connectivity index (χ0) is 46.8. The molecular formula is C47H52ClN7O8S3. The summed E-state index contributed by atoms with van der Waals surface area (Å²) in [6, 6.07) is 35.8. The van der Waals surface area contributed by atoms with E-state index in [1.54, 1.807) is 36.0 Å². The van der Waals surface area contributed by atoms with E-state index in [0.717, 1.165) is 61.2 Å². The van der Waals surface area contributed by atoms with Gasteiger partial charge in [-0.1, -0.05) is 66.2 Å².